The highest BCUT2D eigenvalue weighted by Crippen LogP contribution is 2.31. The highest BCUT2D eigenvalue weighted by Gasteiger charge is 2.42. The molecule has 5 rings (SSSR count). The number of carbonyl (C=O) groups is 2. The van der Waals surface area contributed by atoms with E-state index in [0.29, 0.717) is 30.3 Å². The molecule has 2 aliphatic heterocycles. The Balaban J connectivity index is 1.35. The topological polar surface area (TPSA) is 136 Å². The Labute approximate surface area is 215 Å². The van der Waals surface area contributed by atoms with Crippen molar-refractivity contribution in [3.05, 3.63) is 47.5 Å². The second kappa shape index (κ2) is 9.29. The van der Waals surface area contributed by atoms with E-state index in [9.17, 15) is 19.8 Å². The van der Waals surface area contributed by atoms with Gasteiger partial charge >= 0.3 is 5.97 Å². The quantitative estimate of drug-likeness (QED) is 0.458. The van der Waals surface area contributed by atoms with Crippen LogP contribution < -0.4 is 15.1 Å². The molecule has 11 heteroatoms. The van der Waals surface area contributed by atoms with E-state index in [1.807, 2.05) is 18.0 Å². The standard InChI is InChI=1S/C26H33N7O4/c1-15-8-9-31(12-15)18-10-16(2)23-29-22(30-33(23)14-18)24(34)27-17-11-20(26(3,4)37)32(13-17)21-7-5-6-19(28-21)25(35)36/h5-7,10,14-15,17,20,37H,8-9,11-13H2,1-4H3,(H,27,34)(H,35,36). The molecule has 3 aromatic rings. The first kappa shape index (κ1) is 24.9. The highest BCUT2D eigenvalue weighted by molar-refractivity contribution is 5.91. The molecule has 2 saturated heterocycles. The van der Waals surface area contributed by atoms with Gasteiger partial charge in [-0.3, -0.25) is 4.79 Å². The third-order valence-corrected chi connectivity index (χ3v) is 7.29. The molecule has 2 aliphatic rings. The number of aromatic nitrogens is 4. The Kier molecular flexibility index (Phi) is 6.26. The zero-order valence-electron chi connectivity index (χ0n) is 21.5. The summed E-state index contributed by atoms with van der Waals surface area (Å²) in [5, 5.41) is 27.6. The fourth-order valence-electron chi connectivity index (χ4n) is 5.39. The average Bonchev–Trinajstić information content (AvgIpc) is 3.57. The van der Waals surface area contributed by atoms with Crippen molar-refractivity contribution in [3.8, 4) is 0 Å². The highest BCUT2D eigenvalue weighted by atomic mass is 16.4. The van der Waals surface area contributed by atoms with Gasteiger partial charge in [0.1, 0.15) is 5.82 Å². The number of carbonyl (C=O) groups excluding carboxylic acids is 1. The molecule has 0 bridgehead atoms. The van der Waals surface area contributed by atoms with Crippen molar-refractivity contribution >= 4 is 29.0 Å². The SMILES string of the molecule is Cc1cc(N2CCC(C)C2)cn2nc(C(=O)NC3CC(C(C)(C)O)N(c4cccc(C(=O)O)n4)C3)nc12. The predicted molar refractivity (Wildman–Crippen MR) is 138 cm³/mol. The minimum atomic E-state index is -1.12. The second-order valence-electron chi connectivity index (χ2n) is 10.8. The van der Waals surface area contributed by atoms with Crippen LogP contribution in [-0.2, 0) is 0 Å². The maximum absolute atomic E-state index is 13.2. The van der Waals surface area contributed by atoms with Crippen molar-refractivity contribution in [2.24, 2.45) is 5.92 Å². The molecule has 3 atom stereocenters. The van der Waals surface area contributed by atoms with Gasteiger partial charge < -0.3 is 25.3 Å². The maximum Gasteiger partial charge on any atom is 0.354 e. The van der Waals surface area contributed by atoms with Gasteiger partial charge in [-0.05, 0) is 63.3 Å². The lowest BCUT2D eigenvalue weighted by Gasteiger charge is -2.34. The van der Waals surface area contributed by atoms with E-state index < -0.39 is 17.5 Å². The monoisotopic (exact) mass is 507 g/mol. The van der Waals surface area contributed by atoms with Crippen LogP contribution in [0.4, 0.5) is 11.5 Å². The van der Waals surface area contributed by atoms with Gasteiger partial charge in [0.15, 0.2) is 11.3 Å². The summed E-state index contributed by atoms with van der Waals surface area (Å²) < 4.78 is 1.67. The van der Waals surface area contributed by atoms with Gasteiger partial charge in [-0.15, -0.1) is 5.10 Å². The molecule has 3 unspecified atom stereocenters. The van der Waals surface area contributed by atoms with E-state index in [1.54, 1.807) is 30.5 Å². The van der Waals surface area contributed by atoms with Crippen LogP contribution in [-0.4, -0.2) is 79.0 Å². The number of amides is 1. The van der Waals surface area contributed by atoms with E-state index in [2.05, 4.69) is 38.3 Å². The van der Waals surface area contributed by atoms with E-state index >= 15 is 0 Å². The molecule has 0 radical (unpaired) electrons. The van der Waals surface area contributed by atoms with Crippen LogP contribution in [0.1, 0.15) is 60.3 Å². The average molecular weight is 508 g/mol. The first-order valence-electron chi connectivity index (χ1n) is 12.6. The minimum Gasteiger partial charge on any atom is -0.477 e. The van der Waals surface area contributed by atoms with Gasteiger partial charge in [0.25, 0.3) is 5.91 Å². The van der Waals surface area contributed by atoms with Crippen molar-refractivity contribution in [3.63, 3.8) is 0 Å². The molecule has 37 heavy (non-hydrogen) atoms. The lowest BCUT2D eigenvalue weighted by Crippen LogP contribution is -2.46. The van der Waals surface area contributed by atoms with Gasteiger partial charge in [-0.1, -0.05) is 13.0 Å². The van der Waals surface area contributed by atoms with Crippen LogP contribution in [0.5, 0.6) is 0 Å². The van der Waals surface area contributed by atoms with Crippen LogP contribution >= 0.6 is 0 Å². The summed E-state index contributed by atoms with van der Waals surface area (Å²) in [6.07, 6.45) is 3.53. The Morgan fingerprint density at radius 3 is 2.65 bits per heavy atom. The molecule has 3 aromatic heterocycles. The summed E-state index contributed by atoms with van der Waals surface area (Å²) in [6.45, 7) is 9.96. The molecule has 3 N–H and O–H groups in total. The lowest BCUT2D eigenvalue weighted by molar-refractivity contribution is 0.0520. The molecule has 5 heterocycles. The summed E-state index contributed by atoms with van der Waals surface area (Å²) in [6, 6.07) is 6.15. The Bertz CT molecular complexity index is 1350. The number of rotatable bonds is 6. The zero-order valence-corrected chi connectivity index (χ0v) is 21.5. The van der Waals surface area contributed by atoms with Gasteiger partial charge in [0.2, 0.25) is 5.82 Å². The predicted octanol–water partition coefficient (Wildman–Crippen LogP) is 2.13. The largest absolute Gasteiger partial charge is 0.477 e. The van der Waals surface area contributed by atoms with Crippen LogP contribution in [0.3, 0.4) is 0 Å². The van der Waals surface area contributed by atoms with Gasteiger partial charge in [0, 0.05) is 25.7 Å². The third-order valence-electron chi connectivity index (χ3n) is 7.29. The Morgan fingerprint density at radius 1 is 1.19 bits per heavy atom. The minimum absolute atomic E-state index is 0.0773. The molecule has 0 saturated carbocycles. The van der Waals surface area contributed by atoms with Gasteiger partial charge in [-0.2, -0.15) is 0 Å². The van der Waals surface area contributed by atoms with Crippen LogP contribution in [0, 0.1) is 12.8 Å². The summed E-state index contributed by atoms with van der Waals surface area (Å²) in [5.41, 5.74) is 1.47. The molecule has 0 spiro atoms. The number of anilines is 2. The van der Waals surface area contributed by atoms with Gasteiger partial charge in [0.05, 0.1) is 23.5 Å². The molecule has 0 aromatic carbocycles. The van der Waals surface area contributed by atoms with E-state index in [4.69, 9.17) is 0 Å². The van der Waals surface area contributed by atoms with E-state index in [1.165, 1.54) is 6.07 Å². The molecule has 196 valence electrons. The second-order valence-corrected chi connectivity index (χ2v) is 10.8. The third kappa shape index (κ3) is 4.95. The fourth-order valence-corrected chi connectivity index (χ4v) is 5.39. The number of aryl methyl sites for hydroxylation is 1. The normalized spacial score (nSPS) is 22.1. The number of nitrogens with zero attached hydrogens (tertiary/aromatic N) is 6. The summed E-state index contributed by atoms with van der Waals surface area (Å²) in [7, 11) is 0. The number of hydrogen-bond donors (Lipinski definition) is 3. The van der Waals surface area contributed by atoms with Crippen molar-refractivity contribution < 1.29 is 19.8 Å². The first-order chi connectivity index (χ1) is 17.5. The fraction of sp³-hybridized carbons (Fsp3) is 0.500. The number of aromatic carboxylic acids is 1. The number of carboxylic acid groups (broad SMARTS) is 1. The van der Waals surface area contributed by atoms with E-state index in [-0.39, 0.29) is 23.6 Å². The van der Waals surface area contributed by atoms with Crippen LogP contribution in [0.15, 0.2) is 30.5 Å². The van der Waals surface area contributed by atoms with Crippen LogP contribution in [0.25, 0.3) is 5.65 Å². The summed E-state index contributed by atoms with van der Waals surface area (Å²) in [4.78, 5) is 37.5. The Morgan fingerprint density at radius 2 is 1.97 bits per heavy atom. The van der Waals surface area contributed by atoms with Crippen molar-refractivity contribution in [1.29, 1.82) is 0 Å². The molecule has 0 aliphatic carbocycles. The number of nitrogens with one attached hydrogen (secondary N) is 1. The number of aliphatic hydroxyl groups is 1. The van der Waals surface area contributed by atoms with Crippen molar-refractivity contribution in [2.45, 2.75) is 58.2 Å². The molecule has 2 fully saturated rings. The molecular weight excluding hydrogens is 474 g/mol. The number of pyridine rings is 2. The lowest BCUT2D eigenvalue weighted by atomic mass is 9.95. The number of fused-ring (bicyclic) bond motifs is 1. The zero-order chi connectivity index (χ0) is 26.5. The van der Waals surface area contributed by atoms with Crippen molar-refractivity contribution in [2.75, 3.05) is 29.4 Å². The molecular formula is C26H33N7O4. The Hall–Kier alpha value is -3.73. The summed E-state index contributed by atoms with van der Waals surface area (Å²) in [5.74, 6) is -0.351. The van der Waals surface area contributed by atoms with E-state index in [0.717, 1.165) is 30.8 Å². The first-order valence-corrected chi connectivity index (χ1v) is 12.6. The smallest absolute Gasteiger partial charge is 0.354 e. The number of carboxylic acids is 1. The number of hydrogen-bond acceptors (Lipinski definition) is 8. The molecule has 1 amide bonds. The molecule has 11 nitrogen and oxygen atoms in total. The van der Waals surface area contributed by atoms with Crippen molar-refractivity contribution in [1.82, 2.24) is 24.9 Å². The maximum atomic E-state index is 13.2. The summed E-state index contributed by atoms with van der Waals surface area (Å²) >= 11 is 0. The van der Waals surface area contributed by atoms with Gasteiger partial charge in [-0.25, -0.2) is 19.3 Å². The van der Waals surface area contributed by atoms with Crippen LogP contribution in [0.2, 0.25) is 0 Å².